The lowest BCUT2D eigenvalue weighted by Gasteiger charge is -2.22. The maximum absolute atomic E-state index is 11.8. The molecular formula is C13H14ClNO5. The molecule has 0 aliphatic heterocycles. The third-order valence-corrected chi connectivity index (χ3v) is 2.77. The Morgan fingerprint density at radius 2 is 1.90 bits per heavy atom. The van der Waals surface area contributed by atoms with Crippen LogP contribution < -0.4 is 0 Å². The summed E-state index contributed by atoms with van der Waals surface area (Å²) in [7, 11) is 0. The number of hydrogen-bond acceptors (Lipinski definition) is 4. The van der Waals surface area contributed by atoms with Crippen LogP contribution in [-0.2, 0) is 20.9 Å². The number of rotatable bonds is 5. The summed E-state index contributed by atoms with van der Waals surface area (Å²) >= 11 is 5.31. The van der Waals surface area contributed by atoms with E-state index in [-0.39, 0.29) is 6.61 Å². The van der Waals surface area contributed by atoms with Crippen molar-refractivity contribution in [2.45, 2.75) is 19.6 Å². The maximum Gasteiger partial charge on any atom is 0.414 e. The molecule has 0 aromatic heterocycles. The molecule has 0 aliphatic carbocycles. The van der Waals surface area contributed by atoms with E-state index in [9.17, 15) is 14.4 Å². The number of amides is 2. The van der Waals surface area contributed by atoms with Crippen LogP contribution in [0.25, 0.3) is 0 Å². The molecule has 7 heteroatoms. The van der Waals surface area contributed by atoms with Gasteiger partial charge in [-0.1, -0.05) is 30.3 Å². The minimum Gasteiger partial charge on any atom is -0.465 e. The number of nitrogens with zero attached hydrogens (tertiary/aromatic N) is 1. The highest BCUT2D eigenvalue weighted by atomic mass is 35.5. The van der Waals surface area contributed by atoms with Crippen molar-refractivity contribution in [3.8, 4) is 0 Å². The van der Waals surface area contributed by atoms with Gasteiger partial charge in [0.15, 0.2) is 0 Å². The van der Waals surface area contributed by atoms with Gasteiger partial charge in [-0.15, -0.1) is 11.6 Å². The van der Waals surface area contributed by atoms with Gasteiger partial charge in [-0.05, 0) is 12.5 Å². The number of esters is 1. The molecule has 1 atom stereocenters. The minimum absolute atomic E-state index is 0.00649. The first-order chi connectivity index (χ1) is 9.47. The summed E-state index contributed by atoms with van der Waals surface area (Å²) in [6.07, 6.45) is -1.54. The van der Waals surface area contributed by atoms with E-state index in [1.807, 2.05) is 6.07 Å². The molecule has 108 valence electrons. The molecule has 0 bridgehead atoms. The van der Waals surface area contributed by atoms with Crippen LogP contribution in [0.1, 0.15) is 12.5 Å². The highest BCUT2D eigenvalue weighted by molar-refractivity contribution is 6.28. The second kappa shape index (κ2) is 7.49. The number of carbonyl (C=O) groups excluding carboxylic acids is 2. The minimum atomic E-state index is -1.54. The van der Waals surface area contributed by atoms with E-state index >= 15 is 0 Å². The van der Waals surface area contributed by atoms with Crippen molar-refractivity contribution in [1.29, 1.82) is 0 Å². The fourth-order valence-electron chi connectivity index (χ4n) is 1.51. The Balaban J connectivity index is 2.65. The molecule has 0 fully saturated rings. The summed E-state index contributed by atoms with van der Waals surface area (Å²) in [6, 6.07) is 7.66. The van der Waals surface area contributed by atoms with Gasteiger partial charge in [0, 0.05) is 0 Å². The van der Waals surface area contributed by atoms with Crippen molar-refractivity contribution < 1.29 is 24.2 Å². The topological polar surface area (TPSA) is 83.9 Å². The van der Waals surface area contributed by atoms with Crippen molar-refractivity contribution >= 4 is 29.6 Å². The van der Waals surface area contributed by atoms with E-state index in [2.05, 4.69) is 0 Å². The molecule has 0 saturated heterocycles. The predicted octanol–water partition coefficient (Wildman–Crippen LogP) is 1.86. The Morgan fingerprint density at radius 3 is 2.40 bits per heavy atom. The largest absolute Gasteiger partial charge is 0.465 e. The molecule has 0 aliphatic rings. The number of imide groups is 1. The molecule has 0 heterocycles. The maximum atomic E-state index is 11.8. The number of hydrogen-bond donors (Lipinski definition) is 1. The monoisotopic (exact) mass is 299 g/mol. The normalized spacial score (nSPS) is 11.5. The van der Waals surface area contributed by atoms with Gasteiger partial charge in [0.25, 0.3) is 0 Å². The van der Waals surface area contributed by atoms with Crippen LogP contribution in [0.3, 0.4) is 0 Å². The van der Waals surface area contributed by atoms with Crippen LogP contribution in [0.5, 0.6) is 0 Å². The van der Waals surface area contributed by atoms with Crippen molar-refractivity contribution in [3.05, 3.63) is 35.9 Å². The molecule has 0 saturated carbocycles. The molecule has 6 nitrogen and oxygen atoms in total. The molecule has 1 N–H and O–H groups in total. The molecule has 1 rings (SSSR count). The zero-order valence-corrected chi connectivity index (χ0v) is 11.5. The fraction of sp³-hybridized carbons (Fsp3) is 0.308. The van der Waals surface area contributed by atoms with Crippen molar-refractivity contribution in [1.82, 2.24) is 4.90 Å². The molecule has 1 unspecified atom stereocenters. The highest BCUT2D eigenvalue weighted by Gasteiger charge is 2.31. The van der Waals surface area contributed by atoms with Crippen LogP contribution >= 0.6 is 11.6 Å². The van der Waals surface area contributed by atoms with E-state index in [1.54, 1.807) is 24.3 Å². The number of carboxylic acid groups (broad SMARTS) is 1. The Labute approximate surface area is 120 Å². The third-order valence-electron chi connectivity index (χ3n) is 2.54. The van der Waals surface area contributed by atoms with Crippen LogP contribution in [-0.4, -0.2) is 39.9 Å². The molecular weight excluding hydrogens is 286 g/mol. The van der Waals surface area contributed by atoms with Gasteiger partial charge in [0.2, 0.25) is 5.91 Å². The van der Waals surface area contributed by atoms with Crippen molar-refractivity contribution in [2.24, 2.45) is 0 Å². The van der Waals surface area contributed by atoms with Gasteiger partial charge >= 0.3 is 12.1 Å². The van der Waals surface area contributed by atoms with Crippen molar-refractivity contribution in [2.75, 3.05) is 5.88 Å². The average molecular weight is 300 g/mol. The Kier molecular flexibility index (Phi) is 5.99. The fourth-order valence-corrected chi connectivity index (χ4v) is 1.64. The van der Waals surface area contributed by atoms with Crippen LogP contribution in [0.4, 0.5) is 4.79 Å². The zero-order valence-electron chi connectivity index (χ0n) is 10.8. The Bertz CT molecular complexity index is 491. The molecule has 0 radical (unpaired) electrons. The van der Waals surface area contributed by atoms with E-state index in [4.69, 9.17) is 21.4 Å². The Morgan fingerprint density at radius 1 is 1.30 bits per heavy atom. The number of ether oxygens (including phenoxy) is 1. The number of benzene rings is 1. The van der Waals surface area contributed by atoms with Gasteiger partial charge in [-0.2, -0.15) is 0 Å². The number of carbonyl (C=O) groups is 3. The van der Waals surface area contributed by atoms with Crippen LogP contribution in [0.2, 0.25) is 0 Å². The summed E-state index contributed by atoms with van der Waals surface area (Å²) in [5, 5.41) is 8.92. The lowest BCUT2D eigenvalue weighted by Crippen LogP contribution is -2.47. The molecule has 1 aromatic carbocycles. The van der Waals surface area contributed by atoms with Crippen LogP contribution in [0.15, 0.2) is 30.3 Å². The number of halogens is 1. The first-order valence-electron chi connectivity index (χ1n) is 5.79. The van der Waals surface area contributed by atoms with E-state index in [0.29, 0.717) is 4.90 Å². The number of alkyl halides is 1. The first kappa shape index (κ1) is 16.0. The average Bonchev–Trinajstić information content (AvgIpc) is 2.45. The Hall–Kier alpha value is -2.08. The lowest BCUT2D eigenvalue weighted by molar-refractivity contribution is -0.153. The van der Waals surface area contributed by atoms with E-state index in [1.165, 1.54) is 6.92 Å². The van der Waals surface area contributed by atoms with Crippen molar-refractivity contribution in [3.63, 3.8) is 0 Å². The zero-order chi connectivity index (χ0) is 15.1. The lowest BCUT2D eigenvalue weighted by atomic mass is 10.2. The van der Waals surface area contributed by atoms with Gasteiger partial charge in [0.05, 0.1) is 0 Å². The highest BCUT2D eigenvalue weighted by Crippen LogP contribution is 2.07. The summed E-state index contributed by atoms with van der Waals surface area (Å²) in [5.74, 6) is -2.21. The van der Waals surface area contributed by atoms with Gasteiger partial charge in [0.1, 0.15) is 18.5 Å². The quantitative estimate of drug-likeness (QED) is 0.663. The van der Waals surface area contributed by atoms with E-state index in [0.717, 1.165) is 5.56 Å². The first-order valence-corrected chi connectivity index (χ1v) is 6.32. The summed E-state index contributed by atoms with van der Waals surface area (Å²) < 4.78 is 4.98. The molecule has 1 aromatic rings. The van der Waals surface area contributed by atoms with Gasteiger partial charge < -0.3 is 9.84 Å². The SMILES string of the molecule is CC(C(=O)OCc1ccccc1)N(C(=O)O)C(=O)CCl. The molecule has 0 spiro atoms. The summed E-state index contributed by atoms with van der Waals surface area (Å²) in [6.45, 7) is 1.28. The van der Waals surface area contributed by atoms with Gasteiger partial charge in [-0.25, -0.2) is 14.5 Å². The second-order valence-electron chi connectivity index (χ2n) is 3.95. The predicted molar refractivity (Wildman–Crippen MR) is 71.3 cm³/mol. The molecule has 2 amide bonds. The third kappa shape index (κ3) is 4.24. The van der Waals surface area contributed by atoms with E-state index < -0.39 is 29.9 Å². The standard InChI is InChI=1S/C13H14ClNO5/c1-9(15(13(18)19)11(16)7-14)12(17)20-8-10-5-3-2-4-6-10/h2-6,9H,7-8H2,1H3,(H,18,19). The second-order valence-corrected chi connectivity index (χ2v) is 4.22. The summed E-state index contributed by atoms with van der Waals surface area (Å²) in [4.78, 5) is 34.5. The smallest absolute Gasteiger partial charge is 0.414 e. The molecule has 20 heavy (non-hydrogen) atoms. The van der Waals surface area contributed by atoms with Crippen LogP contribution in [0, 0.1) is 0 Å². The summed E-state index contributed by atoms with van der Waals surface area (Å²) in [5.41, 5.74) is 0.763. The van der Waals surface area contributed by atoms with Gasteiger partial charge in [-0.3, -0.25) is 4.79 Å².